The van der Waals surface area contributed by atoms with Crippen LogP contribution in [0.4, 0.5) is 0 Å². The number of carbonyl (C=O) groups excluding carboxylic acids is 4. The van der Waals surface area contributed by atoms with Gasteiger partial charge in [-0.3, -0.25) is 38.8 Å². The average molecular weight is 1700 g/mol. The molecule has 4 saturated heterocycles. The normalized spacial score (nSPS) is 31.6. The quantitative estimate of drug-likeness (QED) is 0.0303. The monoisotopic (exact) mass is 1700 g/mol. The molecule has 24 heteroatoms. The van der Waals surface area contributed by atoms with Gasteiger partial charge in [0.05, 0.1) is 65.0 Å². The number of carbonyl (C=O) groups is 4. The minimum absolute atomic E-state index is 0.0341. The summed E-state index contributed by atoms with van der Waals surface area (Å²) in [5.41, 5.74) is 31.4. The fourth-order valence-corrected chi connectivity index (χ4v) is 17.3. The van der Waals surface area contributed by atoms with Gasteiger partial charge in [0.1, 0.15) is 48.6 Å². The number of fused-ring (bicyclic) bond motifs is 12. The lowest BCUT2D eigenvalue weighted by Gasteiger charge is -2.47. The fraction of sp³-hybridized carbons (Fsp3) is 0.708. The maximum Gasteiger partial charge on any atom is 0.323 e. The molecule has 0 saturated carbocycles. The average Bonchev–Trinajstić information content (AvgIpc) is 0.738. The van der Waals surface area contributed by atoms with Gasteiger partial charge in [-0.1, -0.05) is 110 Å². The third-order valence-corrected chi connectivity index (χ3v) is 24.2. The third-order valence-electron chi connectivity index (χ3n) is 24.2. The van der Waals surface area contributed by atoms with E-state index in [2.05, 4.69) is 9.80 Å². The number of rotatable bonds is 28. The maximum atomic E-state index is 12.9. The largest absolute Gasteiger partial charge is 0.493 e. The van der Waals surface area contributed by atoms with Crippen LogP contribution in [0.25, 0.3) is 0 Å². The van der Waals surface area contributed by atoms with Crippen molar-refractivity contribution in [3.63, 3.8) is 0 Å². The zero-order valence-electron chi connectivity index (χ0n) is 103. The number of nitrogens with zero attached hydrogens (tertiary/aromatic N) is 4. The number of nitrogens with two attached hydrogens (primary N) is 4. The Morgan fingerprint density at radius 2 is 0.533 bits per heavy atom. The van der Waals surface area contributed by atoms with Crippen LogP contribution in [0.1, 0.15) is 271 Å². The van der Waals surface area contributed by atoms with E-state index in [0.717, 1.165) is 72.2 Å². The lowest BCUT2D eigenvalue weighted by Crippen LogP contribution is -2.51. The minimum Gasteiger partial charge on any atom is -0.493 e. The standard InChI is InChI=1S/4C24H38N2O4/c4*1-14(2)9-17-13-26-8-7-16-10-21(28-5)22(29-6)11-18(16)19(26)12-20(17)30-24(27)23(25)15(3)4/h4*10-11,14-15,17,19-20,23H,7-9,12-13,25H2,1-6H3/t4*17-,19-,20-,23+/m1111/s1/i2*1D3,5D3,9D2,14D;2*1D3,9D2,14D/t4*14?,17-,19-,20-,23+. The molecule has 12 rings (SSSR count). The van der Waals surface area contributed by atoms with Gasteiger partial charge in [0.15, 0.2) is 46.0 Å². The lowest BCUT2D eigenvalue weighted by atomic mass is 9.79. The van der Waals surface area contributed by atoms with Crippen molar-refractivity contribution in [1.82, 2.24) is 19.6 Å². The molecular weight excluding hydrogens is 1520 g/mol. The van der Waals surface area contributed by atoms with Gasteiger partial charge < -0.3 is 79.8 Å². The predicted octanol–water partition coefficient (Wildman–Crippen LogP) is 14.3. The summed E-state index contributed by atoms with van der Waals surface area (Å²) in [6.07, 6.45) is -11.1. The maximum absolute atomic E-state index is 12.9. The molecule has 4 aromatic carbocycles. The molecule has 4 aromatic rings. The Morgan fingerprint density at radius 1 is 0.342 bits per heavy atom. The van der Waals surface area contributed by atoms with E-state index >= 15 is 0 Å². The van der Waals surface area contributed by atoms with Crippen LogP contribution in [-0.2, 0) is 63.8 Å². The number of hydrogen-bond donors (Lipinski definition) is 4. The third kappa shape index (κ3) is 23.8. The Labute approximate surface area is 760 Å². The van der Waals surface area contributed by atoms with E-state index in [-0.39, 0.29) is 123 Å². The zero-order valence-corrected chi connectivity index (χ0v) is 73.1. The molecule has 0 radical (unpaired) electrons. The van der Waals surface area contributed by atoms with E-state index in [9.17, 15) is 19.2 Å². The molecule has 20 atom stereocenters. The van der Waals surface area contributed by atoms with Gasteiger partial charge in [0.2, 0.25) is 0 Å². The molecule has 0 bridgehead atoms. The van der Waals surface area contributed by atoms with Crippen molar-refractivity contribution >= 4 is 23.9 Å². The van der Waals surface area contributed by atoms with Crippen molar-refractivity contribution in [3.8, 4) is 46.0 Å². The van der Waals surface area contributed by atoms with Gasteiger partial charge in [-0.2, -0.15) is 0 Å². The summed E-state index contributed by atoms with van der Waals surface area (Å²) < 4.78 is 310. The van der Waals surface area contributed by atoms with Gasteiger partial charge in [-0.05, 0) is 191 Å². The summed E-state index contributed by atoms with van der Waals surface area (Å²) in [4.78, 5) is 59.7. The van der Waals surface area contributed by atoms with Crippen LogP contribution in [0.15, 0.2) is 48.5 Å². The minimum atomic E-state index is -2.93. The molecular formula is C96H152N8O16. The summed E-state index contributed by atoms with van der Waals surface area (Å²) in [5.74, 6) is -14.9. The van der Waals surface area contributed by atoms with Gasteiger partial charge in [-0.25, -0.2) is 0 Å². The van der Waals surface area contributed by atoms with Crippen molar-refractivity contribution in [1.29, 1.82) is 0 Å². The molecule has 672 valence electrons. The van der Waals surface area contributed by atoms with Gasteiger partial charge >= 0.3 is 23.9 Å². The summed E-state index contributed by atoms with van der Waals surface area (Å²) in [6.45, 7) is 9.28. The second-order valence-corrected chi connectivity index (χ2v) is 33.9. The highest BCUT2D eigenvalue weighted by Gasteiger charge is 2.47. The molecule has 8 heterocycles. The molecule has 0 spiro atoms. The Hall–Kier alpha value is -7.16. The van der Waals surface area contributed by atoms with E-state index < -0.39 is 187 Å². The number of hydrogen-bond acceptors (Lipinski definition) is 24. The Balaban J connectivity index is 0.000000222. The highest BCUT2D eigenvalue weighted by atomic mass is 16.6. The smallest absolute Gasteiger partial charge is 0.323 e. The second-order valence-electron chi connectivity index (χ2n) is 33.9. The second kappa shape index (κ2) is 43.9. The van der Waals surface area contributed by atoms with Gasteiger partial charge in [0, 0.05) is 159 Å². The summed E-state index contributed by atoms with van der Waals surface area (Å²) in [5, 5.41) is 0. The van der Waals surface area contributed by atoms with E-state index in [1.54, 1.807) is 108 Å². The van der Waals surface area contributed by atoms with E-state index in [1.807, 2.05) is 34.1 Å². The van der Waals surface area contributed by atoms with E-state index in [1.165, 1.54) is 14.2 Å². The first-order chi connectivity index (χ1) is 68.5. The number of esters is 4. The van der Waals surface area contributed by atoms with Crippen LogP contribution in [-0.4, -0.2) is 201 Å². The number of methoxy groups -OCH3 is 8. The van der Waals surface area contributed by atoms with Crippen LogP contribution < -0.4 is 60.8 Å². The van der Waals surface area contributed by atoms with Crippen molar-refractivity contribution < 1.29 is 117 Å². The number of piperidine rings is 4. The van der Waals surface area contributed by atoms with Crippen LogP contribution >= 0.6 is 0 Å². The molecule has 8 N–H and O–H groups in total. The van der Waals surface area contributed by atoms with E-state index in [0.29, 0.717) is 74.9 Å². The van der Waals surface area contributed by atoms with Crippen LogP contribution in [0, 0.1) is 70.9 Å². The van der Waals surface area contributed by atoms with E-state index in [4.69, 9.17) is 121 Å². The Bertz CT molecular complexity index is 5010. The van der Waals surface area contributed by atoms with Gasteiger partial charge in [0.25, 0.3) is 0 Å². The van der Waals surface area contributed by atoms with Crippen molar-refractivity contribution in [2.45, 2.75) is 260 Å². The first kappa shape index (κ1) is 62.0. The molecule has 4 unspecified atom stereocenters. The van der Waals surface area contributed by atoms with Crippen molar-refractivity contribution in [2.24, 2.45) is 93.9 Å². The number of benzene rings is 4. The SMILES string of the molecule is [2H]C([2H])([2H])C([2H])(C)C([2H])([2H])[C@@H]1CN2CCc3cc(OC)c(OC)cc3[C@H]2C[C@H]1OC(=O)[C@@H](N)C(C)C.[2H]C([2H])([2H])C([2H])(C)C([2H])([2H])[C@@H]1CN2CCc3cc(OC)c(OC)cc3[C@H]2C[C@H]1OC(=O)[C@@H](N)C(C)C.[2H]C([2H])([2H])Oc1cc2c(cc1OC)[C@H]1C[C@@H](OC(=O)[C@@H](N)C(C)C)[C@H](C([2H])([2H])C([2H])(C)C([2H])([2H])[2H])CN1CC2.[2H]C([2H])([2H])Oc1cc2c(cc1OC)[C@H]1C[C@@H](OC(=O)[C@@H](N)C(C)C)[C@H](C([2H])([2H])C([2H])(C)C([2H])([2H])[2H])CN1CC2. The van der Waals surface area contributed by atoms with Crippen LogP contribution in [0.2, 0.25) is 0 Å². The summed E-state index contributed by atoms with van der Waals surface area (Å²) >= 11 is 0. The molecule has 120 heavy (non-hydrogen) atoms. The zero-order chi connectivity index (χ0) is 114. The predicted molar refractivity (Wildman–Crippen MR) is 471 cm³/mol. The summed E-state index contributed by atoms with van der Waals surface area (Å²) in [6, 6.07) is 9.38. The number of ether oxygens (including phenoxy) is 12. The topological polar surface area (TPSA) is 296 Å². The van der Waals surface area contributed by atoms with Gasteiger partial charge in [-0.15, -0.1) is 0 Å². The molecule has 4 fully saturated rings. The molecule has 0 amide bonds. The highest BCUT2D eigenvalue weighted by Crippen LogP contribution is 2.50. The molecule has 8 aliphatic rings. The Morgan fingerprint density at radius 3 is 0.708 bits per heavy atom. The molecule has 0 aliphatic carbocycles. The molecule has 24 nitrogen and oxygen atoms in total. The van der Waals surface area contributed by atoms with Crippen molar-refractivity contribution in [3.05, 3.63) is 93.0 Å². The summed E-state index contributed by atoms with van der Waals surface area (Å²) in [7, 11) is 3.68. The molecule has 8 aliphatic heterocycles. The molecule has 0 aromatic heterocycles. The fourth-order valence-electron chi connectivity index (χ4n) is 17.3. The first-order valence-electron chi connectivity index (χ1n) is 56.6. The van der Waals surface area contributed by atoms with Crippen LogP contribution in [0.5, 0.6) is 46.0 Å². The van der Waals surface area contributed by atoms with Crippen molar-refractivity contribution in [2.75, 3.05) is 109 Å². The Kier molecular flexibility index (Phi) is 22.7. The first-order valence-corrected chi connectivity index (χ1v) is 41.6. The lowest BCUT2D eigenvalue weighted by molar-refractivity contribution is -0.161. The van der Waals surface area contributed by atoms with Crippen LogP contribution in [0.3, 0.4) is 0 Å². The highest BCUT2D eigenvalue weighted by molar-refractivity contribution is 5.77.